The largest absolute Gasteiger partial charge is 0.233 e. The third-order valence-corrected chi connectivity index (χ3v) is 3.67. The molecule has 0 spiro atoms. The smallest absolute Gasteiger partial charge is 0.161 e. The van der Waals surface area contributed by atoms with E-state index >= 15 is 0 Å². The summed E-state index contributed by atoms with van der Waals surface area (Å²) in [6.07, 6.45) is 4.66. The summed E-state index contributed by atoms with van der Waals surface area (Å²) in [4.78, 5) is 8.92. The molecule has 0 unspecified atom stereocenters. The Labute approximate surface area is 118 Å². The maximum Gasteiger partial charge on any atom is 0.161 e. The van der Waals surface area contributed by atoms with E-state index in [1.165, 1.54) is 18.4 Å². The Bertz CT molecular complexity index is 574. The normalized spacial score (nSPS) is 14.6. The predicted octanol–water partition coefficient (Wildman–Crippen LogP) is 4.63. The summed E-state index contributed by atoms with van der Waals surface area (Å²) in [6.45, 7) is 2.14. The molecule has 0 bridgehead atoms. The van der Waals surface area contributed by atoms with Crippen molar-refractivity contribution in [1.82, 2.24) is 9.97 Å². The zero-order chi connectivity index (χ0) is 13.2. The quantitative estimate of drug-likeness (QED) is 0.759. The zero-order valence-electron chi connectivity index (χ0n) is 11.1. The number of nitrogens with zero attached hydrogens (tertiary/aromatic N) is 2. The Hall–Kier alpha value is -1.41. The van der Waals surface area contributed by atoms with Gasteiger partial charge in [0.05, 0.1) is 0 Å². The molecule has 1 heterocycles. The van der Waals surface area contributed by atoms with Gasteiger partial charge in [-0.15, -0.1) is 0 Å². The van der Waals surface area contributed by atoms with Crippen LogP contribution in [0, 0.1) is 0 Å². The molecule has 0 atom stereocenters. The van der Waals surface area contributed by atoms with Gasteiger partial charge in [0.25, 0.3) is 0 Å². The summed E-state index contributed by atoms with van der Waals surface area (Å²) in [5, 5.41) is 0.528. The van der Waals surface area contributed by atoms with Crippen molar-refractivity contribution in [2.24, 2.45) is 0 Å². The Morgan fingerprint density at radius 2 is 1.89 bits per heavy atom. The minimum atomic E-state index is 0.528. The molecule has 2 aromatic rings. The monoisotopic (exact) mass is 272 g/mol. The van der Waals surface area contributed by atoms with Crippen LogP contribution in [0.15, 0.2) is 30.3 Å². The average Bonchev–Trinajstić information content (AvgIpc) is 3.23. The van der Waals surface area contributed by atoms with Crippen LogP contribution < -0.4 is 0 Å². The minimum absolute atomic E-state index is 0.528. The maximum atomic E-state index is 6.08. The van der Waals surface area contributed by atoms with Crippen molar-refractivity contribution in [2.75, 3.05) is 0 Å². The molecule has 1 aliphatic carbocycles. The Morgan fingerprint density at radius 3 is 2.53 bits per heavy atom. The van der Waals surface area contributed by atoms with Gasteiger partial charge in [-0.05, 0) is 36.8 Å². The predicted molar refractivity (Wildman–Crippen MR) is 78.4 cm³/mol. The molecular formula is C16H17ClN2. The number of rotatable bonds is 4. The first-order chi connectivity index (χ1) is 9.26. The van der Waals surface area contributed by atoms with Crippen molar-refractivity contribution in [3.8, 4) is 11.4 Å². The van der Waals surface area contributed by atoms with Crippen molar-refractivity contribution < 1.29 is 0 Å². The van der Waals surface area contributed by atoms with Crippen LogP contribution in [-0.2, 0) is 6.42 Å². The van der Waals surface area contributed by atoms with Gasteiger partial charge in [0.1, 0.15) is 5.15 Å². The number of aromatic nitrogens is 2. The van der Waals surface area contributed by atoms with Crippen LogP contribution in [0.1, 0.15) is 43.4 Å². The lowest BCUT2D eigenvalue weighted by Crippen LogP contribution is -1.96. The molecule has 98 valence electrons. The van der Waals surface area contributed by atoms with Gasteiger partial charge in [-0.1, -0.05) is 49.2 Å². The molecule has 1 aromatic heterocycles. The Balaban J connectivity index is 1.91. The van der Waals surface area contributed by atoms with Crippen LogP contribution in [-0.4, -0.2) is 9.97 Å². The Morgan fingerprint density at radius 1 is 1.16 bits per heavy atom. The summed E-state index contributed by atoms with van der Waals surface area (Å²) in [5.41, 5.74) is 3.49. The van der Waals surface area contributed by atoms with Gasteiger partial charge in [-0.2, -0.15) is 0 Å². The first kappa shape index (κ1) is 12.6. The van der Waals surface area contributed by atoms with E-state index in [-0.39, 0.29) is 0 Å². The molecule has 1 saturated carbocycles. The van der Waals surface area contributed by atoms with Gasteiger partial charge < -0.3 is 0 Å². The van der Waals surface area contributed by atoms with E-state index in [9.17, 15) is 0 Å². The van der Waals surface area contributed by atoms with Crippen LogP contribution >= 0.6 is 11.6 Å². The van der Waals surface area contributed by atoms with E-state index in [1.807, 2.05) is 6.07 Å². The molecule has 0 aliphatic heterocycles. The van der Waals surface area contributed by atoms with Gasteiger partial charge in [0.15, 0.2) is 5.82 Å². The minimum Gasteiger partial charge on any atom is -0.233 e. The first-order valence-electron chi connectivity index (χ1n) is 6.90. The van der Waals surface area contributed by atoms with Gasteiger partial charge in [-0.3, -0.25) is 0 Å². The van der Waals surface area contributed by atoms with Crippen LogP contribution in [0.5, 0.6) is 0 Å². The SMILES string of the molecule is CCCc1cc(Cl)nc(-c2ccc(C3CC3)cc2)n1. The second-order valence-electron chi connectivity index (χ2n) is 5.15. The summed E-state index contributed by atoms with van der Waals surface area (Å²) >= 11 is 6.08. The number of hydrogen-bond donors (Lipinski definition) is 0. The van der Waals surface area contributed by atoms with Gasteiger partial charge in [-0.25, -0.2) is 9.97 Å². The summed E-state index contributed by atoms with van der Waals surface area (Å²) in [5.74, 6) is 1.52. The Kier molecular flexibility index (Phi) is 3.52. The van der Waals surface area contributed by atoms with Crippen LogP contribution in [0.4, 0.5) is 0 Å². The van der Waals surface area contributed by atoms with E-state index in [4.69, 9.17) is 11.6 Å². The van der Waals surface area contributed by atoms with E-state index < -0.39 is 0 Å². The fourth-order valence-electron chi connectivity index (χ4n) is 2.30. The third kappa shape index (κ3) is 2.95. The lowest BCUT2D eigenvalue weighted by Gasteiger charge is -2.05. The summed E-state index contributed by atoms with van der Waals surface area (Å²) < 4.78 is 0. The second kappa shape index (κ2) is 5.30. The average molecular weight is 273 g/mol. The molecule has 0 amide bonds. The highest BCUT2D eigenvalue weighted by molar-refractivity contribution is 6.29. The number of hydrogen-bond acceptors (Lipinski definition) is 2. The van der Waals surface area contributed by atoms with Crippen molar-refractivity contribution in [1.29, 1.82) is 0 Å². The highest BCUT2D eigenvalue weighted by atomic mass is 35.5. The molecular weight excluding hydrogens is 256 g/mol. The molecule has 19 heavy (non-hydrogen) atoms. The second-order valence-corrected chi connectivity index (χ2v) is 5.54. The summed E-state index contributed by atoms with van der Waals surface area (Å²) in [6, 6.07) is 10.4. The van der Waals surface area contributed by atoms with Gasteiger partial charge in [0.2, 0.25) is 0 Å². The van der Waals surface area contributed by atoms with Crippen molar-refractivity contribution >= 4 is 11.6 Å². The number of benzene rings is 1. The fraction of sp³-hybridized carbons (Fsp3) is 0.375. The lowest BCUT2D eigenvalue weighted by molar-refractivity contribution is 0.875. The molecule has 1 aliphatic rings. The third-order valence-electron chi connectivity index (χ3n) is 3.47. The van der Waals surface area contributed by atoms with Gasteiger partial charge >= 0.3 is 0 Å². The maximum absolute atomic E-state index is 6.08. The zero-order valence-corrected chi connectivity index (χ0v) is 11.8. The number of aryl methyl sites for hydroxylation is 1. The molecule has 2 nitrogen and oxygen atoms in total. The topological polar surface area (TPSA) is 25.8 Å². The molecule has 3 rings (SSSR count). The molecule has 1 aromatic carbocycles. The van der Waals surface area contributed by atoms with E-state index in [2.05, 4.69) is 41.2 Å². The molecule has 0 N–H and O–H groups in total. The fourth-order valence-corrected chi connectivity index (χ4v) is 2.50. The van der Waals surface area contributed by atoms with Crippen molar-refractivity contribution in [3.05, 3.63) is 46.7 Å². The first-order valence-corrected chi connectivity index (χ1v) is 7.28. The van der Waals surface area contributed by atoms with Crippen molar-refractivity contribution in [3.63, 3.8) is 0 Å². The standard InChI is InChI=1S/C16H17ClN2/c1-2-3-14-10-15(17)19-16(18-14)13-8-6-12(7-9-13)11-4-5-11/h6-11H,2-5H2,1H3. The number of halogens is 1. The molecule has 0 saturated heterocycles. The van der Waals surface area contributed by atoms with E-state index in [0.29, 0.717) is 5.15 Å². The highest BCUT2D eigenvalue weighted by Gasteiger charge is 2.23. The molecule has 1 fully saturated rings. The lowest BCUT2D eigenvalue weighted by atomic mass is 10.1. The van der Waals surface area contributed by atoms with E-state index in [0.717, 1.165) is 35.8 Å². The van der Waals surface area contributed by atoms with Crippen LogP contribution in [0.2, 0.25) is 5.15 Å². The van der Waals surface area contributed by atoms with Gasteiger partial charge in [0, 0.05) is 11.3 Å². The summed E-state index contributed by atoms with van der Waals surface area (Å²) in [7, 11) is 0. The van der Waals surface area contributed by atoms with Crippen LogP contribution in [0.25, 0.3) is 11.4 Å². The highest BCUT2D eigenvalue weighted by Crippen LogP contribution is 2.40. The van der Waals surface area contributed by atoms with Crippen LogP contribution in [0.3, 0.4) is 0 Å². The molecule has 0 radical (unpaired) electrons. The molecule has 3 heteroatoms. The van der Waals surface area contributed by atoms with Crippen molar-refractivity contribution in [2.45, 2.75) is 38.5 Å². The van der Waals surface area contributed by atoms with E-state index in [1.54, 1.807) is 0 Å².